The van der Waals surface area contributed by atoms with E-state index in [0.29, 0.717) is 23.3 Å². The molecule has 0 aliphatic heterocycles. The van der Waals surface area contributed by atoms with Crippen LogP contribution in [-0.4, -0.2) is 20.4 Å². The maximum atomic E-state index is 13.8. The maximum absolute atomic E-state index is 13.8. The van der Waals surface area contributed by atoms with Gasteiger partial charge in [-0.1, -0.05) is 11.6 Å². The van der Waals surface area contributed by atoms with Gasteiger partial charge in [0.25, 0.3) is 0 Å². The van der Waals surface area contributed by atoms with Crippen LogP contribution in [0.5, 0.6) is 0 Å². The predicted octanol–water partition coefficient (Wildman–Crippen LogP) is 4.68. The lowest BCUT2D eigenvalue weighted by Gasteiger charge is -2.15. The van der Waals surface area contributed by atoms with Crippen LogP contribution in [0.4, 0.5) is 4.39 Å². The van der Waals surface area contributed by atoms with Gasteiger partial charge in [-0.2, -0.15) is 0 Å². The molecular weight excluding hydrogens is 332 g/mol. The number of thiazole rings is 1. The van der Waals surface area contributed by atoms with Gasteiger partial charge in [-0.3, -0.25) is 0 Å². The molecule has 2 heterocycles. The summed E-state index contributed by atoms with van der Waals surface area (Å²) < 4.78 is 15.8. The topological polar surface area (TPSA) is 30.7 Å². The Morgan fingerprint density at radius 3 is 2.90 bits per heavy atom. The van der Waals surface area contributed by atoms with Gasteiger partial charge in [-0.25, -0.2) is 14.4 Å². The Bertz CT molecular complexity index is 770. The van der Waals surface area contributed by atoms with Crippen molar-refractivity contribution < 1.29 is 4.39 Å². The molecule has 0 aliphatic carbocycles. The van der Waals surface area contributed by atoms with Crippen LogP contribution in [0.3, 0.4) is 0 Å². The summed E-state index contributed by atoms with van der Waals surface area (Å²) in [6.07, 6.45) is 2.36. The molecule has 0 spiro atoms. The molecule has 3 rings (SSSR count). The number of rotatable bonds is 4. The van der Waals surface area contributed by atoms with Crippen LogP contribution < -0.4 is 0 Å². The van der Waals surface area contributed by atoms with Gasteiger partial charge in [0.15, 0.2) is 0 Å². The molecule has 1 aromatic carbocycles. The predicted molar refractivity (Wildman–Crippen MR) is 85.1 cm³/mol. The third-order valence-electron chi connectivity index (χ3n) is 3.32. The van der Waals surface area contributed by atoms with E-state index in [9.17, 15) is 4.39 Å². The molecule has 0 saturated heterocycles. The Morgan fingerprint density at radius 2 is 2.24 bits per heavy atom. The van der Waals surface area contributed by atoms with Crippen molar-refractivity contribution in [1.29, 1.82) is 0 Å². The molecule has 7 heteroatoms. The fourth-order valence-electron chi connectivity index (χ4n) is 2.38. The van der Waals surface area contributed by atoms with Crippen molar-refractivity contribution in [1.82, 2.24) is 14.5 Å². The lowest BCUT2D eigenvalue weighted by Crippen LogP contribution is -2.11. The van der Waals surface area contributed by atoms with E-state index in [1.165, 1.54) is 6.07 Å². The lowest BCUT2D eigenvalue weighted by molar-refractivity contribution is 0.611. The van der Waals surface area contributed by atoms with Crippen LogP contribution in [0.2, 0.25) is 5.02 Å². The fraction of sp³-hybridized carbons (Fsp3) is 0.286. The van der Waals surface area contributed by atoms with Gasteiger partial charge in [0, 0.05) is 29.9 Å². The zero-order chi connectivity index (χ0) is 15.0. The Balaban J connectivity index is 2.22. The molecule has 1 unspecified atom stereocenters. The first-order valence-electron chi connectivity index (χ1n) is 6.43. The summed E-state index contributed by atoms with van der Waals surface area (Å²) in [7, 11) is 0. The monoisotopic (exact) mass is 343 g/mol. The first-order chi connectivity index (χ1) is 10.1. The van der Waals surface area contributed by atoms with Crippen molar-refractivity contribution in [3.05, 3.63) is 45.4 Å². The molecule has 0 saturated carbocycles. The van der Waals surface area contributed by atoms with Gasteiger partial charge < -0.3 is 4.57 Å². The van der Waals surface area contributed by atoms with Gasteiger partial charge in [0.2, 0.25) is 0 Å². The van der Waals surface area contributed by atoms with Crippen LogP contribution in [0.1, 0.15) is 23.8 Å². The quantitative estimate of drug-likeness (QED) is 0.644. The zero-order valence-electron chi connectivity index (χ0n) is 11.2. The highest BCUT2D eigenvalue weighted by Crippen LogP contribution is 2.30. The summed E-state index contributed by atoms with van der Waals surface area (Å²) in [5.74, 6) is 0.808. The third kappa shape index (κ3) is 2.65. The standard InChI is InChI=1S/C14H12Cl2FN3S/c1-8(14-18-4-5-21-14)20-12-7-10(17)9(16)6-11(12)19-13(20)2-3-15/h4-8H,2-3H2,1H3. The minimum atomic E-state index is -0.450. The first kappa shape index (κ1) is 14.8. The van der Waals surface area contributed by atoms with Crippen molar-refractivity contribution >= 4 is 45.6 Å². The average Bonchev–Trinajstić information content (AvgIpc) is 3.07. The highest BCUT2D eigenvalue weighted by atomic mass is 35.5. The molecule has 110 valence electrons. The Morgan fingerprint density at radius 1 is 1.43 bits per heavy atom. The minimum Gasteiger partial charge on any atom is -0.318 e. The van der Waals surface area contributed by atoms with Crippen molar-refractivity contribution in [2.45, 2.75) is 19.4 Å². The fourth-order valence-corrected chi connectivity index (χ4v) is 3.40. The molecule has 3 nitrogen and oxygen atoms in total. The van der Waals surface area contributed by atoms with E-state index in [1.54, 1.807) is 23.6 Å². The first-order valence-corrected chi connectivity index (χ1v) is 8.22. The number of imidazole rings is 1. The van der Waals surface area contributed by atoms with E-state index in [0.717, 1.165) is 10.8 Å². The lowest BCUT2D eigenvalue weighted by atomic mass is 10.2. The third-order valence-corrected chi connectivity index (χ3v) is 4.74. The van der Waals surface area contributed by atoms with Crippen LogP contribution >= 0.6 is 34.5 Å². The molecule has 21 heavy (non-hydrogen) atoms. The smallest absolute Gasteiger partial charge is 0.144 e. The van der Waals surface area contributed by atoms with Crippen molar-refractivity contribution in [2.75, 3.05) is 5.88 Å². The number of benzene rings is 1. The second kappa shape index (κ2) is 5.91. The summed E-state index contributed by atoms with van der Waals surface area (Å²) in [5.41, 5.74) is 1.38. The normalized spacial score (nSPS) is 13.0. The van der Waals surface area contributed by atoms with Crippen LogP contribution in [0, 0.1) is 5.82 Å². The van der Waals surface area contributed by atoms with E-state index >= 15 is 0 Å². The number of nitrogens with zero attached hydrogens (tertiary/aromatic N) is 3. The number of hydrogen-bond donors (Lipinski definition) is 0. The van der Waals surface area contributed by atoms with Gasteiger partial charge in [-0.05, 0) is 13.0 Å². The molecule has 0 aliphatic rings. The molecule has 0 amide bonds. The second-order valence-corrected chi connectivity index (χ2v) is 6.35. The van der Waals surface area contributed by atoms with E-state index in [4.69, 9.17) is 23.2 Å². The average molecular weight is 344 g/mol. The van der Waals surface area contributed by atoms with Gasteiger partial charge >= 0.3 is 0 Å². The number of aryl methyl sites for hydroxylation is 1. The Labute approximate surface area is 135 Å². The Kier molecular flexibility index (Phi) is 4.15. The zero-order valence-corrected chi connectivity index (χ0v) is 13.5. The molecule has 0 bridgehead atoms. The Hall–Kier alpha value is -1.17. The van der Waals surface area contributed by atoms with Gasteiger partial charge in [-0.15, -0.1) is 22.9 Å². The summed E-state index contributed by atoms with van der Waals surface area (Å²) in [6, 6.07) is 2.94. The number of alkyl halides is 1. The molecule has 0 radical (unpaired) electrons. The second-order valence-electron chi connectivity index (χ2n) is 4.64. The van der Waals surface area contributed by atoms with Crippen LogP contribution in [-0.2, 0) is 6.42 Å². The number of hydrogen-bond acceptors (Lipinski definition) is 3. The van der Waals surface area contributed by atoms with E-state index in [1.807, 2.05) is 16.9 Å². The van der Waals surface area contributed by atoms with Crippen molar-refractivity contribution in [3.63, 3.8) is 0 Å². The maximum Gasteiger partial charge on any atom is 0.144 e. The SMILES string of the molecule is CC(c1nccs1)n1c(CCCl)nc2cc(Cl)c(F)cc21. The molecule has 1 atom stereocenters. The van der Waals surface area contributed by atoms with Crippen molar-refractivity contribution in [3.8, 4) is 0 Å². The molecule has 0 fully saturated rings. The summed E-state index contributed by atoms with van der Waals surface area (Å²) in [4.78, 5) is 8.88. The number of fused-ring (bicyclic) bond motifs is 1. The summed E-state index contributed by atoms with van der Waals surface area (Å²) in [5, 5.41) is 2.94. The number of aromatic nitrogens is 3. The van der Waals surface area contributed by atoms with Gasteiger partial charge in [0.1, 0.15) is 16.6 Å². The number of halogens is 3. The molecule has 2 aromatic heterocycles. The molecular formula is C14H12Cl2FN3S. The summed E-state index contributed by atoms with van der Waals surface area (Å²) >= 11 is 13.3. The van der Waals surface area contributed by atoms with E-state index in [2.05, 4.69) is 9.97 Å². The van der Waals surface area contributed by atoms with E-state index < -0.39 is 5.82 Å². The van der Waals surface area contributed by atoms with E-state index in [-0.39, 0.29) is 11.1 Å². The highest BCUT2D eigenvalue weighted by molar-refractivity contribution is 7.09. The molecule has 0 N–H and O–H groups in total. The van der Waals surface area contributed by atoms with Gasteiger partial charge in [0.05, 0.1) is 22.1 Å². The largest absolute Gasteiger partial charge is 0.318 e. The highest BCUT2D eigenvalue weighted by Gasteiger charge is 2.20. The van der Waals surface area contributed by atoms with Crippen LogP contribution in [0.15, 0.2) is 23.7 Å². The minimum absolute atomic E-state index is 0.0335. The van der Waals surface area contributed by atoms with Crippen LogP contribution in [0.25, 0.3) is 11.0 Å². The molecule has 3 aromatic rings. The van der Waals surface area contributed by atoms with Crippen molar-refractivity contribution in [2.24, 2.45) is 0 Å². The summed E-state index contributed by atoms with van der Waals surface area (Å²) in [6.45, 7) is 2.02.